The molecule has 0 N–H and O–H groups in total. The van der Waals surface area contributed by atoms with Crippen LogP contribution in [-0.4, -0.2) is 0 Å². The second kappa shape index (κ2) is 9.64. The van der Waals surface area contributed by atoms with Crippen LogP contribution in [0.25, 0.3) is 87.2 Å². The second-order valence-electron chi connectivity index (χ2n) is 13.6. The van der Waals surface area contributed by atoms with Crippen molar-refractivity contribution in [3.63, 3.8) is 0 Å². The molecule has 0 bridgehead atoms. The van der Waals surface area contributed by atoms with Crippen LogP contribution in [0.4, 0.5) is 0 Å². The first kappa shape index (κ1) is 26.5. The highest BCUT2D eigenvalue weighted by atomic mass is 14.4. The minimum atomic E-state index is -0.0558. The van der Waals surface area contributed by atoms with Crippen molar-refractivity contribution in [2.24, 2.45) is 0 Å². The van der Waals surface area contributed by atoms with E-state index in [0.717, 1.165) is 0 Å². The molecule has 0 nitrogen and oxygen atoms in total. The summed E-state index contributed by atoms with van der Waals surface area (Å²) in [5, 5.41) is 12.9. The van der Waals surface area contributed by atoms with Crippen molar-refractivity contribution >= 4 is 53.9 Å². The fourth-order valence-corrected chi connectivity index (χ4v) is 8.67. The predicted octanol–water partition coefficient (Wildman–Crippen LogP) is 13.1. The maximum absolute atomic E-state index is 2.48. The smallest absolute Gasteiger partial charge is 0.0159 e. The Morgan fingerprint density at radius 3 is 1.55 bits per heavy atom. The molecule has 0 radical (unpaired) electrons. The number of fused-ring (bicyclic) bond motifs is 10. The largest absolute Gasteiger partial charge is 0.0616 e. The third-order valence-corrected chi connectivity index (χ3v) is 10.8. The van der Waals surface area contributed by atoms with Gasteiger partial charge in [0.05, 0.1) is 0 Å². The van der Waals surface area contributed by atoms with E-state index in [1.165, 1.54) is 98.4 Å². The molecule has 9 aromatic rings. The molecular formula is C47H32. The molecule has 0 heteroatoms. The molecule has 10 rings (SSSR count). The highest BCUT2D eigenvalue weighted by Crippen LogP contribution is 2.53. The summed E-state index contributed by atoms with van der Waals surface area (Å²) in [4.78, 5) is 0. The Kier molecular flexibility index (Phi) is 5.44. The lowest BCUT2D eigenvalue weighted by Crippen LogP contribution is -2.14. The van der Waals surface area contributed by atoms with Gasteiger partial charge in [0.2, 0.25) is 0 Å². The van der Waals surface area contributed by atoms with Gasteiger partial charge in [-0.05, 0) is 104 Å². The molecule has 0 saturated carbocycles. The van der Waals surface area contributed by atoms with Crippen molar-refractivity contribution in [3.05, 3.63) is 169 Å². The molecule has 0 aliphatic heterocycles. The predicted molar refractivity (Wildman–Crippen MR) is 202 cm³/mol. The first-order valence-electron chi connectivity index (χ1n) is 16.6. The summed E-state index contributed by atoms with van der Waals surface area (Å²) in [5.74, 6) is 0. The van der Waals surface area contributed by atoms with Crippen LogP contribution in [0.2, 0.25) is 0 Å². The summed E-state index contributed by atoms with van der Waals surface area (Å²) in [6.07, 6.45) is 0. The van der Waals surface area contributed by atoms with Crippen LogP contribution in [0.5, 0.6) is 0 Å². The Bertz CT molecular complexity index is 2700. The fourth-order valence-electron chi connectivity index (χ4n) is 8.67. The fraction of sp³-hybridized carbons (Fsp3) is 0.0638. The molecule has 0 unspecified atom stereocenters. The van der Waals surface area contributed by atoms with Crippen LogP contribution in [0.3, 0.4) is 0 Å². The average molecular weight is 597 g/mol. The minimum absolute atomic E-state index is 0.0558. The van der Waals surface area contributed by atoms with Gasteiger partial charge in [0.25, 0.3) is 0 Å². The van der Waals surface area contributed by atoms with E-state index in [-0.39, 0.29) is 5.41 Å². The lowest BCUT2D eigenvalue weighted by Gasteiger charge is -2.22. The second-order valence-corrected chi connectivity index (χ2v) is 13.6. The van der Waals surface area contributed by atoms with Crippen molar-refractivity contribution in [2.75, 3.05) is 0 Å². The number of benzene rings is 9. The van der Waals surface area contributed by atoms with Gasteiger partial charge in [-0.2, -0.15) is 0 Å². The summed E-state index contributed by atoms with van der Waals surface area (Å²) < 4.78 is 0. The number of hydrogen-bond acceptors (Lipinski definition) is 0. The van der Waals surface area contributed by atoms with Gasteiger partial charge in [0, 0.05) is 5.41 Å². The van der Waals surface area contributed by atoms with Crippen molar-refractivity contribution in [2.45, 2.75) is 19.3 Å². The highest BCUT2D eigenvalue weighted by Gasteiger charge is 2.36. The van der Waals surface area contributed by atoms with Crippen molar-refractivity contribution < 1.29 is 0 Å². The molecular weight excluding hydrogens is 565 g/mol. The monoisotopic (exact) mass is 596 g/mol. The molecule has 1 aliphatic rings. The highest BCUT2D eigenvalue weighted by molar-refractivity contribution is 6.25. The molecule has 0 fully saturated rings. The van der Waals surface area contributed by atoms with E-state index in [9.17, 15) is 0 Å². The molecule has 47 heavy (non-hydrogen) atoms. The Hall–Kier alpha value is -5.72. The Labute approximate surface area is 274 Å². The minimum Gasteiger partial charge on any atom is -0.0616 e. The van der Waals surface area contributed by atoms with Crippen LogP contribution >= 0.6 is 0 Å². The zero-order valence-corrected chi connectivity index (χ0v) is 26.5. The van der Waals surface area contributed by atoms with Gasteiger partial charge in [-0.3, -0.25) is 0 Å². The topological polar surface area (TPSA) is 0 Å². The average Bonchev–Trinajstić information content (AvgIpc) is 3.36. The summed E-state index contributed by atoms with van der Waals surface area (Å²) in [6, 6.07) is 58.9. The van der Waals surface area contributed by atoms with Gasteiger partial charge < -0.3 is 0 Å². The first-order valence-corrected chi connectivity index (χ1v) is 16.6. The molecule has 0 saturated heterocycles. The molecule has 0 atom stereocenters. The molecule has 9 aromatic carbocycles. The van der Waals surface area contributed by atoms with Crippen LogP contribution in [0.15, 0.2) is 158 Å². The third kappa shape index (κ3) is 3.64. The lowest BCUT2D eigenvalue weighted by molar-refractivity contribution is 0.661. The molecule has 0 aromatic heterocycles. The van der Waals surface area contributed by atoms with Crippen LogP contribution < -0.4 is 0 Å². The Balaban J connectivity index is 1.29. The Morgan fingerprint density at radius 2 is 0.851 bits per heavy atom. The van der Waals surface area contributed by atoms with Gasteiger partial charge in [0.1, 0.15) is 0 Å². The summed E-state index contributed by atoms with van der Waals surface area (Å²) in [5.41, 5.74) is 10.7. The van der Waals surface area contributed by atoms with Gasteiger partial charge in [0.15, 0.2) is 0 Å². The SMILES string of the molecule is CC1(C)c2ccc(-c3c4ccccc4c(-c4cccc5c4ccc4ccccc45)c4ccccc34)cc2-c2c1ccc1ccccc21. The van der Waals surface area contributed by atoms with E-state index in [1.807, 2.05) is 0 Å². The van der Waals surface area contributed by atoms with Gasteiger partial charge in [-0.25, -0.2) is 0 Å². The van der Waals surface area contributed by atoms with E-state index >= 15 is 0 Å². The molecule has 1 aliphatic carbocycles. The van der Waals surface area contributed by atoms with Gasteiger partial charge >= 0.3 is 0 Å². The zero-order chi connectivity index (χ0) is 31.3. The summed E-state index contributed by atoms with van der Waals surface area (Å²) in [7, 11) is 0. The van der Waals surface area contributed by atoms with Crippen molar-refractivity contribution in [1.29, 1.82) is 0 Å². The molecule has 0 heterocycles. The van der Waals surface area contributed by atoms with E-state index in [2.05, 4.69) is 172 Å². The molecule has 0 amide bonds. The van der Waals surface area contributed by atoms with Crippen LogP contribution in [0.1, 0.15) is 25.0 Å². The molecule has 0 spiro atoms. The summed E-state index contributed by atoms with van der Waals surface area (Å²) >= 11 is 0. The standard InChI is InChI=1S/C47H32/c1-47(2)42-26-24-31(28-41(42)46-33-15-6-4-13-30(33)23-27-43(46)47)44-37-16-7-9-18-39(37)45(40-19-10-8-17-38(40)44)36-21-11-20-34-32-14-5-3-12-29(32)22-25-35(34)36/h3-28H,1-2H3. The van der Waals surface area contributed by atoms with E-state index in [4.69, 9.17) is 0 Å². The Morgan fingerprint density at radius 1 is 0.319 bits per heavy atom. The van der Waals surface area contributed by atoms with Crippen molar-refractivity contribution in [1.82, 2.24) is 0 Å². The molecule has 220 valence electrons. The number of rotatable bonds is 2. The van der Waals surface area contributed by atoms with Crippen molar-refractivity contribution in [3.8, 4) is 33.4 Å². The quantitative estimate of drug-likeness (QED) is 0.138. The van der Waals surface area contributed by atoms with Gasteiger partial charge in [-0.15, -0.1) is 0 Å². The van der Waals surface area contributed by atoms with Crippen LogP contribution in [-0.2, 0) is 5.41 Å². The maximum atomic E-state index is 2.48. The van der Waals surface area contributed by atoms with E-state index < -0.39 is 0 Å². The third-order valence-electron chi connectivity index (χ3n) is 10.8. The normalized spacial score (nSPS) is 13.5. The maximum Gasteiger partial charge on any atom is 0.0159 e. The van der Waals surface area contributed by atoms with Crippen LogP contribution in [0, 0.1) is 0 Å². The van der Waals surface area contributed by atoms with E-state index in [1.54, 1.807) is 0 Å². The summed E-state index contributed by atoms with van der Waals surface area (Å²) in [6.45, 7) is 4.75. The number of hydrogen-bond donors (Lipinski definition) is 0. The van der Waals surface area contributed by atoms with Gasteiger partial charge in [-0.1, -0.05) is 166 Å². The first-order chi connectivity index (χ1) is 23.1. The lowest BCUT2D eigenvalue weighted by atomic mass is 9.81. The van der Waals surface area contributed by atoms with E-state index in [0.29, 0.717) is 0 Å². The zero-order valence-electron chi connectivity index (χ0n) is 26.5.